The number of nitrogens with two attached hydrogens (primary N) is 1. The van der Waals surface area contributed by atoms with Crippen molar-refractivity contribution in [3.8, 4) is 5.75 Å². The van der Waals surface area contributed by atoms with Crippen LogP contribution in [-0.4, -0.2) is 18.1 Å². The van der Waals surface area contributed by atoms with Crippen molar-refractivity contribution in [1.29, 1.82) is 0 Å². The zero-order valence-corrected chi connectivity index (χ0v) is 15.7. The molecule has 0 heterocycles. The molecule has 0 aliphatic heterocycles. The molecule has 0 radical (unpaired) electrons. The van der Waals surface area contributed by atoms with Gasteiger partial charge in [-0.1, -0.05) is 24.6 Å². The third-order valence-electron chi connectivity index (χ3n) is 6.81. The Labute approximate surface area is 156 Å². The Balaban J connectivity index is 1.34. The van der Waals surface area contributed by atoms with Crippen LogP contribution in [-0.2, 0) is 11.3 Å². The first-order valence-corrected chi connectivity index (χ1v) is 10.5. The minimum Gasteiger partial charge on any atom is -0.490 e. The summed E-state index contributed by atoms with van der Waals surface area (Å²) in [5.74, 6) is 2.34. The van der Waals surface area contributed by atoms with Gasteiger partial charge in [-0.2, -0.15) is 0 Å². The predicted molar refractivity (Wildman–Crippen MR) is 103 cm³/mol. The monoisotopic (exact) mass is 356 g/mol. The fourth-order valence-electron chi connectivity index (χ4n) is 5.28. The zero-order chi connectivity index (χ0) is 17.9. The van der Waals surface area contributed by atoms with Gasteiger partial charge >= 0.3 is 0 Å². The normalized spacial score (nSPS) is 31.6. The van der Waals surface area contributed by atoms with Gasteiger partial charge in [0.1, 0.15) is 5.75 Å². The van der Waals surface area contributed by atoms with Crippen LogP contribution in [0.3, 0.4) is 0 Å². The van der Waals surface area contributed by atoms with Crippen molar-refractivity contribution >= 4 is 5.91 Å². The quantitative estimate of drug-likeness (QED) is 0.844. The number of para-hydroxylation sites is 1. The maximum atomic E-state index is 12.8. The number of fused-ring (bicyclic) bond motifs is 2. The van der Waals surface area contributed by atoms with Gasteiger partial charge in [-0.05, 0) is 69.3 Å². The second-order valence-corrected chi connectivity index (χ2v) is 8.55. The first-order chi connectivity index (χ1) is 12.7. The predicted octanol–water partition coefficient (Wildman–Crippen LogP) is 3.78. The van der Waals surface area contributed by atoms with Gasteiger partial charge in [-0.25, -0.2) is 0 Å². The van der Waals surface area contributed by atoms with E-state index in [1.54, 1.807) is 0 Å². The average molecular weight is 357 g/mol. The lowest BCUT2D eigenvalue weighted by molar-refractivity contribution is -0.128. The van der Waals surface area contributed by atoms with E-state index >= 15 is 0 Å². The number of hydrogen-bond donors (Lipinski definition) is 2. The number of rotatable bonds is 5. The molecule has 3 N–H and O–H groups in total. The second-order valence-electron chi connectivity index (χ2n) is 8.55. The van der Waals surface area contributed by atoms with Crippen LogP contribution in [0.5, 0.6) is 5.75 Å². The van der Waals surface area contributed by atoms with Crippen LogP contribution in [0, 0.1) is 17.8 Å². The van der Waals surface area contributed by atoms with Gasteiger partial charge in [-0.15, -0.1) is 0 Å². The minimum atomic E-state index is 0.132. The highest BCUT2D eigenvalue weighted by molar-refractivity contribution is 5.78. The van der Waals surface area contributed by atoms with Crippen LogP contribution in [0.4, 0.5) is 0 Å². The number of carbonyl (C=O) groups excluding carboxylic acids is 1. The summed E-state index contributed by atoms with van der Waals surface area (Å²) in [5, 5.41) is 3.18. The van der Waals surface area contributed by atoms with Crippen molar-refractivity contribution in [2.45, 2.75) is 76.5 Å². The summed E-state index contributed by atoms with van der Waals surface area (Å²) in [6, 6.07) is 8.44. The molecule has 1 aromatic carbocycles. The summed E-state index contributed by atoms with van der Waals surface area (Å²) in [5.41, 5.74) is 7.44. The fourth-order valence-corrected chi connectivity index (χ4v) is 5.28. The molecule has 3 saturated carbocycles. The van der Waals surface area contributed by atoms with E-state index in [0.717, 1.165) is 37.0 Å². The summed E-state index contributed by atoms with van der Waals surface area (Å²) in [6.45, 7) is 0.555. The van der Waals surface area contributed by atoms with Crippen LogP contribution < -0.4 is 15.8 Å². The molecule has 0 saturated heterocycles. The largest absolute Gasteiger partial charge is 0.490 e. The van der Waals surface area contributed by atoms with Crippen LogP contribution in [0.2, 0.25) is 0 Å². The lowest BCUT2D eigenvalue weighted by Crippen LogP contribution is -2.49. The lowest BCUT2D eigenvalue weighted by atomic mass is 9.65. The molecule has 0 spiro atoms. The molecule has 4 heteroatoms. The average Bonchev–Trinajstić information content (AvgIpc) is 3.13. The Morgan fingerprint density at radius 1 is 1.04 bits per heavy atom. The third-order valence-corrected chi connectivity index (χ3v) is 6.81. The molecule has 142 valence electrons. The first kappa shape index (κ1) is 17.8. The SMILES string of the molecule is NC1C2CCCC1CC(C(=O)NCc1ccccc1OC1CCCC1)C2. The zero-order valence-electron chi connectivity index (χ0n) is 15.7. The molecule has 3 aliphatic carbocycles. The van der Waals surface area contributed by atoms with E-state index in [1.807, 2.05) is 18.2 Å². The minimum absolute atomic E-state index is 0.132. The fraction of sp³-hybridized carbons (Fsp3) is 0.682. The van der Waals surface area contributed by atoms with Crippen molar-refractivity contribution in [3.05, 3.63) is 29.8 Å². The van der Waals surface area contributed by atoms with Crippen LogP contribution in [0.1, 0.15) is 63.4 Å². The van der Waals surface area contributed by atoms with E-state index in [1.165, 1.54) is 32.1 Å². The Morgan fingerprint density at radius 2 is 1.73 bits per heavy atom. The van der Waals surface area contributed by atoms with E-state index in [4.69, 9.17) is 10.5 Å². The van der Waals surface area contributed by atoms with Crippen molar-refractivity contribution in [2.75, 3.05) is 0 Å². The maximum Gasteiger partial charge on any atom is 0.223 e. The topological polar surface area (TPSA) is 64.4 Å². The Hall–Kier alpha value is -1.55. The summed E-state index contributed by atoms with van der Waals surface area (Å²) in [7, 11) is 0. The van der Waals surface area contributed by atoms with Crippen molar-refractivity contribution in [2.24, 2.45) is 23.5 Å². The number of amides is 1. The molecule has 1 aromatic rings. The van der Waals surface area contributed by atoms with Gasteiger partial charge in [0.05, 0.1) is 6.10 Å². The van der Waals surface area contributed by atoms with Gasteiger partial charge < -0.3 is 15.8 Å². The molecule has 2 bridgehead atoms. The third kappa shape index (κ3) is 3.90. The van der Waals surface area contributed by atoms with Crippen LogP contribution >= 0.6 is 0 Å². The highest BCUT2D eigenvalue weighted by atomic mass is 16.5. The van der Waals surface area contributed by atoms with Gasteiger partial charge in [0.25, 0.3) is 0 Å². The number of nitrogens with one attached hydrogen (secondary N) is 1. The molecule has 3 fully saturated rings. The molecule has 26 heavy (non-hydrogen) atoms. The van der Waals surface area contributed by atoms with E-state index in [-0.39, 0.29) is 11.8 Å². The lowest BCUT2D eigenvalue weighted by Gasteiger charge is -2.43. The number of benzene rings is 1. The number of hydrogen-bond acceptors (Lipinski definition) is 3. The molecular weight excluding hydrogens is 324 g/mol. The van der Waals surface area contributed by atoms with E-state index in [9.17, 15) is 4.79 Å². The Kier molecular flexibility index (Phi) is 5.49. The van der Waals surface area contributed by atoms with Gasteiger partial charge in [0, 0.05) is 24.1 Å². The van der Waals surface area contributed by atoms with E-state index < -0.39 is 0 Å². The second kappa shape index (κ2) is 7.99. The molecular formula is C22H32N2O2. The highest BCUT2D eigenvalue weighted by Gasteiger charge is 2.40. The number of carbonyl (C=O) groups is 1. The molecule has 2 unspecified atom stereocenters. The van der Waals surface area contributed by atoms with Crippen molar-refractivity contribution in [3.63, 3.8) is 0 Å². The Bertz CT molecular complexity index is 612. The summed E-state index contributed by atoms with van der Waals surface area (Å²) in [4.78, 5) is 12.8. The summed E-state index contributed by atoms with van der Waals surface area (Å²) < 4.78 is 6.19. The van der Waals surface area contributed by atoms with Crippen LogP contribution in [0.15, 0.2) is 24.3 Å². The standard InChI is InChI=1S/C22H32N2O2/c23-21-15-7-5-8-16(21)13-18(12-15)22(25)24-14-17-6-1-4-11-20(17)26-19-9-2-3-10-19/h1,4,6,11,15-16,18-19,21H,2-3,5,7-10,12-14,23H2,(H,24,25). The van der Waals surface area contributed by atoms with Crippen molar-refractivity contribution < 1.29 is 9.53 Å². The highest BCUT2D eigenvalue weighted by Crippen LogP contribution is 2.42. The smallest absolute Gasteiger partial charge is 0.223 e. The molecule has 4 rings (SSSR count). The van der Waals surface area contributed by atoms with Gasteiger partial charge in [-0.3, -0.25) is 4.79 Å². The summed E-state index contributed by atoms with van der Waals surface area (Å²) >= 11 is 0. The van der Waals surface area contributed by atoms with E-state index in [0.29, 0.717) is 30.5 Å². The van der Waals surface area contributed by atoms with E-state index in [2.05, 4.69) is 11.4 Å². The molecule has 3 aliphatic rings. The van der Waals surface area contributed by atoms with Crippen molar-refractivity contribution in [1.82, 2.24) is 5.32 Å². The first-order valence-electron chi connectivity index (χ1n) is 10.5. The molecule has 2 atom stereocenters. The molecule has 4 nitrogen and oxygen atoms in total. The van der Waals surface area contributed by atoms with Gasteiger partial charge in [0.2, 0.25) is 5.91 Å². The number of ether oxygens (including phenoxy) is 1. The van der Waals surface area contributed by atoms with Gasteiger partial charge in [0.15, 0.2) is 0 Å². The molecule has 1 amide bonds. The Morgan fingerprint density at radius 3 is 2.46 bits per heavy atom. The summed E-state index contributed by atoms with van der Waals surface area (Å²) in [6.07, 6.45) is 10.7. The van der Waals surface area contributed by atoms with Crippen LogP contribution in [0.25, 0.3) is 0 Å². The maximum absolute atomic E-state index is 12.8. The molecule has 0 aromatic heterocycles.